The molecule has 0 spiro atoms. The summed E-state index contributed by atoms with van der Waals surface area (Å²) < 4.78 is 0. The zero-order valence-electron chi connectivity index (χ0n) is 12.7. The molecule has 1 unspecified atom stereocenters. The molecule has 0 fully saturated rings. The van der Waals surface area contributed by atoms with Crippen molar-refractivity contribution in [3.63, 3.8) is 0 Å². The minimum absolute atomic E-state index is 0.0411. The Morgan fingerprint density at radius 3 is 2.39 bits per heavy atom. The number of halogens is 3. The van der Waals surface area contributed by atoms with Crippen molar-refractivity contribution in [2.45, 2.75) is 13.1 Å². The van der Waals surface area contributed by atoms with Crippen LogP contribution in [0.15, 0.2) is 42.5 Å². The summed E-state index contributed by atoms with van der Waals surface area (Å²) in [5.74, 6) is -0.0411. The fourth-order valence-electron chi connectivity index (χ4n) is 2.24. The van der Waals surface area contributed by atoms with Crippen molar-refractivity contribution in [3.05, 3.63) is 68.7 Å². The molecule has 0 aliphatic carbocycles. The molecule has 0 saturated heterocycles. The predicted octanol–water partition coefficient (Wildman–Crippen LogP) is 2.98. The third-order valence-corrected chi connectivity index (χ3v) is 4.65. The summed E-state index contributed by atoms with van der Waals surface area (Å²) in [5.41, 5.74) is 1.83. The Kier molecular flexibility index (Phi) is 6.72. The van der Waals surface area contributed by atoms with Crippen LogP contribution in [0.3, 0.4) is 0 Å². The van der Waals surface area contributed by atoms with E-state index in [9.17, 15) is 4.79 Å². The van der Waals surface area contributed by atoms with Crippen molar-refractivity contribution in [3.8, 4) is 0 Å². The number of rotatable bonds is 6. The van der Waals surface area contributed by atoms with Crippen molar-refractivity contribution >= 4 is 40.7 Å². The molecule has 1 amide bonds. The average Bonchev–Trinajstić information content (AvgIpc) is 2.51. The number of carbonyl (C=O) groups is 1. The van der Waals surface area contributed by atoms with Crippen LogP contribution in [0.1, 0.15) is 11.1 Å². The molecule has 0 aliphatic rings. The van der Waals surface area contributed by atoms with Crippen LogP contribution in [0.25, 0.3) is 0 Å². The molecule has 2 rings (SSSR count). The molecule has 122 valence electrons. The van der Waals surface area contributed by atoms with Crippen LogP contribution < -0.4 is 10.2 Å². The number of carbonyl (C=O) groups excluding carboxylic acids is 1. The van der Waals surface area contributed by atoms with Gasteiger partial charge in [0, 0.05) is 17.1 Å². The SMILES string of the molecule is C[NH+](CC(=O)NCc1ccccc1Cl)Cc1cccc(Cl)c1Cl. The lowest BCUT2D eigenvalue weighted by molar-refractivity contribution is -0.885. The minimum Gasteiger partial charge on any atom is -0.347 e. The molecule has 0 aliphatic heterocycles. The highest BCUT2D eigenvalue weighted by molar-refractivity contribution is 6.42. The zero-order chi connectivity index (χ0) is 16.8. The Hall–Kier alpha value is -1.26. The van der Waals surface area contributed by atoms with Crippen LogP contribution >= 0.6 is 34.8 Å². The second-order valence-corrected chi connectivity index (χ2v) is 6.58. The van der Waals surface area contributed by atoms with Gasteiger partial charge in [0.15, 0.2) is 6.54 Å². The quantitative estimate of drug-likeness (QED) is 0.803. The number of quaternary nitrogens is 1. The molecule has 1 atom stereocenters. The van der Waals surface area contributed by atoms with E-state index in [4.69, 9.17) is 34.8 Å². The third-order valence-electron chi connectivity index (χ3n) is 3.42. The van der Waals surface area contributed by atoms with E-state index >= 15 is 0 Å². The van der Waals surface area contributed by atoms with Crippen LogP contribution in [0.2, 0.25) is 15.1 Å². The lowest BCUT2D eigenvalue weighted by Crippen LogP contribution is -3.08. The predicted molar refractivity (Wildman–Crippen MR) is 95.2 cm³/mol. The van der Waals surface area contributed by atoms with Gasteiger partial charge in [-0.1, -0.05) is 65.1 Å². The van der Waals surface area contributed by atoms with Crippen LogP contribution in [-0.2, 0) is 17.9 Å². The Morgan fingerprint density at radius 2 is 1.65 bits per heavy atom. The van der Waals surface area contributed by atoms with Crippen molar-refractivity contribution in [1.29, 1.82) is 0 Å². The van der Waals surface area contributed by atoms with Crippen LogP contribution in [-0.4, -0.2) is 19.5 Å². The standard InChI is InChI=1S/C17H17Cl3N2O/c1-22(10-13-6-4-8-15(19)17(13)20)11-16(23)21-9-12-5-2-3-7-14(12)18/h2-8H,9-11H2,1H3,(H,21,23)/p+1. The fourth-order valence-corrected chi connectivity index (χ4v) is 2.83. The van der Waals surface area contributed by atoms with E-state index in [-0.39, 0.29) is 5.91 Å². The van der Waals surface area contributed by atoms with Crippen molar-refractivity contribution in [1.82, 2.24) is 5.32 Å². The van der Waals surface area contributed by atoms with Gasteiger partial charge < -0.3 is 10.2 Å². The first-order valence-corrected chi connectivity index (χ1v) is 8.35. The second-order valence-electron chi connectivity index (χ2n) is 5.39. The molecule has 0 aromatic heterocycles. The number of hydrogen-bond acceptors (Lipinski definition) is 1. The number of hydrogen-bond donors (Lipinski definition) is 2. The second kappa shape index (κ2) is 8.55. The van der Waals surface area contributed by atoms with E-state index in [2.05, 4.69) is 5.32 Å². The molecule has 3 nitrogen and oxygen atoms in total. The average molecular weight is 373 g/mol. The van der Waals surface area contributed by atoms with Crippen molar-refractivity contribution in [2.75, 3.05) is 13.6 Å². The summed E-state index contributed by atoms with van der Waals surface area (Å²) in [6.45, 7) is 1.38. The first-order valence-electron chi connectivity index (χ1n) is 7.21. The van der Waals surface area contributed by atoms with Gasteiger partial charge in [-0.25, -0.2) is 0 Å². The summed E-state index contributed by atoms with van der Waals surface area (Å²) in [4.78, 5) is 13.1. The topological polar surface area (TPSA) is 33.5 Å². The number of amides is 1. The summed E-state index contributed by atoms with van der Waals surface area (Å²) in [6.07, 6.45) is 0. The molecule has 6 heteroatoms. The first-order chi connectivity index (χ1) is 11.0. The number of nitrogens with one attached hydrogen (secondary N) is 2. The lowest BCUT2D eigenvalue weighted by atomic mass is 10.2. The van der Waals surface area contributed by atoms with E-state index in [1.807, 2.05) is 43.4 Å². The van der Waals surface area contributed by atoms with Gasteiger partial charge in [-0.15, -0.1) is 0 Å². The summed E-state index contributed by atoms with van der Waals surface area (Å²) in [7, 11) is 1.94. The minimum atomic E-state index is -0.0411. The molecule has 0 radical (unpaired) electrons. The molecule has 0 heterocycles. The normalized spacial score (nSPS) is 12.0. The van der Waals surface area contributed by atoms with Gasteiger partial charge in [0.1, 0.15) is 6.54 Å². The maximum absolute atomic E-state index is 12.0. The largest absolute Gasteiger partial charge is 0.347 e. The smallest absolute Gasteiger partial charge is 0.275 e. The zero-order valence-corrected chi connectivity index (χ0v) is 15.0. The highest BCUT2D eigenvalue weighted by atomic mass is 35.5. The van der Waals surface area contributed by atoms with Crippen LogP contribution in [0.5, 0.6) is 0 Å². The van der Waals surface area contributed by atoms with E-state index in [1.54, 1.807) is 6.07 Å². The van der Waals surface area contributed by atoms with E-state index in [0.717, 1.165) is 16.0 Å². The van der Waals surface area contributed by atoms with Crippen molar-refractivity contribution < 1.29 is 9.69 Å². The fraction of sp³-hybridized carbons (Fsp3) is 0.235. The van der Waals surface area contributed by atoms with Gasteiger partial charge in [0.05, 0.1) is 17.1 Å². The van der Waals surface area contributed by atoms with Crippen molar-refractivity contribution in [2.24, 2.45) is 0 Å². The highest BCUT2D eigenvalue weighted by Gasteiger charge is 2.13. The third kappa shape index (κ3) is 5.40. The van der Waals surface area contributed by atoms with E-state index in [0.29, 0.717) is 34.7 Å². The molecule has 2 aromatic rings. The Labute approximate surface area is 151 Å². The highest BCUT2D eigenvalue weighted by Crippen LogP contribution is 2.24. The Morgan fingerprint density at radius 1 is 1.00 bits per heavy atom. The summed E-state index contributed by atoms with van der Waals surface area (Å²) >= 11 is 18.2. The van der Waals surface area contributed by atoms with Gasteiger partial charge in [-0.3, -0.25) is 4.79 Å². The Bertz CT molecular complexity index is 691. The molecular formula is C17H18Cl3N2O+. The maximum atomic E-state index is 12.0. The molecule has 23 heavy (non-hydrogen) atoms. The van der Waals surface area contributed by atoms with E-state index in [1.165, 1.54) is 0 Å². The number of likely N-dealkylation sites (N-methyl/N-ethyl adjacent to an activating group) is 1. The van der Waals surface area contributed by atoms with Gasteiger partial charge >= 0.3 is 0 Å². The van der Waals surface area contributed by atoms with Gasteiger partial charge in [0.2, 0.25) is 0 Å². The first kappa shape index (κ1) is 18.1. The van der Waals surface area contributed by atoms with Gasteiger partial charge in [-0.05, 0) is 17.7 Å². The summed E-state index contributed by atoms with van der Waals surface area (Å²) in [5, 5.41) is 4.61. The monoisotopic (exact) mass is 371 g/mol. The van der Waals surface area contributed by atoms with Gasteiger partial charge in [-0.2, -0.15) is 0 Å². The molecular weight excluding hydrogens is 355 g/mol. The molecule has 0 bridgehead atoms. The lowest BCUT2D eigenvalue weighted by Gasteiger charge is -2.15. The Balaban J connectivity index is 1.85. The van der Waals surface area contributed by atoms with Crippen LogP contribution in [0.4, 0.5) is 0 Å². The maximum Gasteiger partial charge on any atom is 0.275 e. The van der Waals surface area contributed by atoms with E-state index < -0.39 is 0 Å². The van der Waals surface area contributed by atoms with Crippen LogP contribution in [0, 0.1) is 0 Å². The molecule has 0 saturated carbocycles. The molecule has 2 N–H and O–H groups in total. The molecule has 2 aromatic carbocycles. The van der Waals surface area contributed by atoms with Gasteiger partial charge in [0.25, 0.3) is 5.91 Å². The summed E-state index contributed by atoms with van der Waals surface area (Å²) in [6, 6.07) is 13.0. The number of benzene rings is 2.